The first kappa shape index (κ1) is 74.6. The zero-order chi connectivity index (χ0) is 71.2. The number of azo groups is 2. The number of nitrogen functional groups attached to an aromatic ring is 1. The number of nitrogens with one attached hydrogen (secondary N) is 2. The van der Waals surface area contributed by atoms with Gasteiger partial charge in [-0.25, -0.2) is 28.8 Å². The first-order chi connectivity index (χ1) is 48.7. The van der Waals surface area contributed by atoms with Gasteiger partial charge in [0.25, 0.3) is 17.0 Å². The van der Waals surface area contributed by atoms with E-state index in [4.69, 9.17) is 21.1 Å². The molecule has 11 aromatic rings. The Labute approximate surface area is 613 Å². The Morgan fingerprint density at radius 2 is 0.806 bits per heavy atom. The number of phenols is 3. The molecular formula is C76H74BrN11O12S3. The van der Waals surface area contributed by atoms with Gasteiger partial charge in [0.2, 0.25) is 0 Å². The highest BCUT2D eigenvalue weighted by atomic mass is 79.9. The fourth-order valence-electron chi connectivity index (χ4n) is 12.4. The number of carbonyl (C=O) groups is 4. The number of fused-ring (bicyclic) bond motifs is 3. The van der Waals surface area contributed by atoms with Gasteiger partial charge in [-0.05, 0) is 240 Å². The molecule has 0 atom stereocenters. The number of aryl methyl sites for hydroxylation is 8. The highest BCUT2D eigenvalue weighted by Gasteiger charge is 2.25. The molecule has 0 radical (unpaired) electrons. The fraction of sp³-hybridized carbons (Fsp3) is 0.224. The number of hydrazone groups is 1. The molecule has 103 heavy (non-hydrogen) atoms. The van der Waals surface area contributed by atoms with Crippen LogP contribution in [0.4, 0.5) is 34.1 Å². The highest BCUT2D eigenvalue weighted by molar-refractivity contribution is 8.93. The standard InChI is InChI=1S/2C25H22N4O4S.C14H16N2O.C11H9NO3S.CH4.BrH/c2*1-14-22(24(31)29(28-14)17-10-9-15-5-2-3-6-16(15)13-17)27-26-19-8-4-7-18(23(19)30)20-11-12-21(34-20)25(32)33;1-10-8-14(17)16(15-10)13-7-6-11-4-2-3-5-12(11)9-13;12-7-3-1-2-6(10(7)13)8-4-5-9(16-8)11(14)15;;/h2*4,7-13,28,30H,2-3,5-6H2,1H3,(H,32,33);6-7,9H,2-5,8H2,1H3;1-5,13H,12H2,(H,14,15);1H4;1H. The van der Waals surface area contributed by atoms with Crippen molar-refractivity contribution in [3.8, 4) is 59.9 Å². The zero-order valence-corrected chi connectivity index (χ0v) is 59.6. The van der Waals surface area contributed by atoms with Gasteiger partial charge in [-0.2, -0.15) is 5.10 Å². The molecule has 4 aliphatic rings. The Kier molecular flexibility index (Phi) is 23.7. The zero-order valence-electron chi connectivity index (χ0n) is 55.5. The Morgan fingerprint density at radius 3 is 1.17 bits per heavy atom. The summed E-state index contributed by atoms with van der Waals surface area (Å²) in [5, 5.41) is 86.8. The van der Waals surface area contributed by atoms with Crippen LogP contribution in [0.15, 0.2) is 181 Å². The summed E-state index contributed by atoms with van der Waals surface area (Å²) in [6.45, 7) is 5.40. The van der Waals surface area contributed by atoms with Gasteiger partial charge in [0.1, 0.15) is 31.8 Å². The molecule has 1 amide bonds. The molecule has 6 aromatic carbocycles. The maximum Gasteiger partial charge on any atom is 0.345 e. The van der Waals surface area contributed by atoms with Gasteiger partial charge in [-0.3, -0.25) is 24.6 Å². The van der Waals surface area contributed by atoms with Crippen molar-refractivity contribution in [2.24, 2.45) is 25.6 Å². The molecule has 0 saturated heterocycles. The Morgan fingerprint density at radius 1 is 0.456 bits per heavy atom. The van der Waals surface area contributed by atoms with E-state index in [1.165, 1.54) is 93.0 Å². The molecule has 1 aliphatic heterocycles. The number of nitrogens with zero attached hydrogens (tertiary/aromatic N) is 8. The number of aromatic amines is 2. The van der Waals surface area contributed by atoms with E-state index in [0.29, 0.717) is 49.1 Å². The van der Waals surface area contributed by atoms with E-state index in [1.54, 1.807) is 91.7 Å². The van der Waals surface area contributed by atoms with E-state index in [1.807, 2.05) is 25.1 Å². The van der Waals surface area contributed by atoms with Crippen molar-refractivity contribution in [2.75, 3.05) is 10.7 Å². The average molecular weight is 1510 g/mol. The maximum atomic E-state index is 13.1. The van der Waals surface area contributed by atoms with Crippen LogP contribution in [-0.2, 0) is 43.3 Å². The van der Waals surface area contributed by atoms with Crippen LogP contribution in [0.3, 0.4) is 0 Å². The molecule has 10 N–H and O–H groups in total. The van der Waals surface area contributed by atoms with E-state index in [0.717, 1.165) is 102 Å². The topological polar surface area (TPSA) is 356 Å². The minimum Gasteiger partial charge on any atom is -0.505 e. The first-order valence-corrected chi connectivity index (χ1v) is 35.0. The van der Waals surface area contributed by atoms with Gasteiger partial charge in [0.15, 0.2) is 22.9 Å². The van der Waals surface area contributed by atoms with E-state index < -0.39 is 17.9 Å². The van der Waals surface area contributed by atoms with Crippen LogP contribution in [0, 0.1) is 13.8 Å². The van der Waals surface area contributed by atoms with Crippen molar-refractivity contribution in [1.29, 1.82) is 0 Å². The number of phenolic OH excluding ortho intramolecular Hbond substituents is 3. The Hall–Kier alpha value is -11.1. The quantitative estimate of drug-likeness (QED) is 0.0295. The van der Waals surface area contributed by atoms with E-state index in [9.17, 15) is 44.1 Å². The second kappa shape index (κ2) is 32.7. The van der Waals surface area contributed by atoms with Gasteiger partial charge >= 0.3 is 17.9 Å². The van der Waals surface area contributed by atoms with Gasteiger partial charge in [0, 0.05) is 37.0 Å². The van der Waals surface area contributed by atoms with Crippen molar-refractivity contribution < 1.29 is 49.8 Å². The number of aromatic nitrogens is 4. The van der Waals surface area contributed by atoms with Crippen LogP contribution in [0.1, 0.15) is 133 Å². The smallest absolute Gasteiger partial charge is 0.345 e. The highest BCUT2D eigenvalue weighted by Crippen LogP contribution is 2.43. The van der Waals surface area contributed by atoms with E-state index >= 15 is 0 Å². The molecule has 0 spiro atoms. The third-order valence-electron chi connectivity index (χ3n) is 17.6. The largest absolute Gasteiger partial charge is 0.505 e. The third-order valence-corrected chi connectivity index (χ3v) is 20.9. The SMILES string of the molecule is Br.C.CC1=NN(c2ccc3c(c2)CCCC3)C(=O)C1.Cc1[nH]n(-c2ccc3c(c2)CCCC3)c(=O)c1N=Nc1cccc(-c2ccc(C(=O)O)s2)c1O.Cc1[nH]n(-c2ccc3c(c2)CCCC3)c(=O)c1N=Nc1cccc(-c2ccc(C(=O)O)s2)c1O.Nc1cccc(-c2ccc(C(=O)O)s2)c1O. The number of rotatable bonds is 13. The molecule has 0 unspecified atom stereocenters. The van der Waals surface area contributed by atoms with Gasteiger partial charge in [-0.15, -0.1) is 71.4 Å². The van der Waals surface area contributed by atoms with Crippen LogP contribution in [-0.4, -0.2) is 79.7 Å². The number of hydrogen-bond donors (Lipinski definition) is 9. The lowest BCUT2D eigenvalue weighted by atomic mass is 9.91. The summed E-state index contributed by atoms with van der Waals surface area (Å²) in [6.07, 6.45) is 14.2. The number of benzene rings is 6. The van der Waals surface area contributed by atoms with Crippen LogP contribution < -0.4 is 21.9 Å². The Balaban J connectivity index is 0.000000155. The minimum absolute atomic E-state index is 0. The Bertz CT molecular complexity index is 5040. The second-order valence-electron chi connectivity index (χ2n) is 24.5. The third kappa shape index (κ3) is 16.6. The summed E-state index contributed by atoms with van der Waals surface area (Å²) >= 11 is 3.22. The molecule has 6 heterocycles. The van der Waals surface area contributed by atoms with Crippen molar-refractivity contribution in [3.05, 3.63) is 226 Å². The molecule has 0 fully saturated rings. The number of nitrogens with two attached hydrogens (primary N) is 1. The first-order valence-electron chi connectivity index (χ1n) is 32.6. The molecule has 0 bridgehead atoms. The number of hydrogen-bond acceptors (Lipinski definition) is 18. The lowest BCUT2D eigenvalue weighted by molar-refractivity contribution is -0.116. The molecule has 27 heteroatoms. The summed E-state index contributed by atoms with van der Waals surface area (Å²) in [5.41, 5.74) is 19.8. The van der Waals surface area contributed by atoms with Crippen molar-refractivity contribution in [1.82, 2.24) is 19.6 Å². The number of carboxylic acids is 3. The van der Waals surface area contributed by atoms with Crippen LogP contribution in [0.25, 0.3) is 42.7 Å². The van der Waals surface area contributed by atoms with Crippen LogP contribution in [0.2, 0.25) is 0 Å². The number of amides is 1. The normalized spacial score (nSPS) is 13.6. The van der Waals surface area contributed by atoms with Crippen molar-refractivity contribution in [2.45, 2.75) is 112 Å². The number of aromatic hydroxyl groups is 3. The molecular weight excluding hydrogens is 1440 g/mol. The van der Waals surface area contributed by atoms with Gasteiger partial charge in [0.05, 0.1) is 40.6 Å². The number of para-hydroxylation sites is 3. The number of aromatic carboxylic acids is 3. The fourth-order valence-corrected chi connectivity index (χ4v) is 15.0. The predicted molar refractivity (Wildman–Crippen MR) is 409 cm³/mol. The van der Waals surface area contributed by atoms with Gasteiger partial charge in [-0.1, -0.05) is 43.8 Å². The molecule has 0 saturated carbocycles. The number of carbonyl (C=O) groups excluding carboxylic acids is 1. The summed E-state index contributed by atoms with van der Waals surface area (Å²) in [5.74, 6) is -3.21. The maximum absolute atomic E-state index is 13.1. The summed E-state index contributed by atoms with van der Waals surface area (Å²) in [7, 11) is 0. The average Bonchev–Trinajstić information content (AvgIpc) is 1.70. The van der Waals surface area contributed by atoms with Crippen molar-refractivity contribution in [3.63, 3.8) is 0 Å². The number of anilines is 2. The lowest BCUT2D eigenvalue weighted by Crippen LogP contribution is -2.20. The van der Waals surface area contributed by atoms with Crippen LogP contribution >= 0.6 is 51.0 Å². The summed E-state index contributed by atoms with van der Waals surface area (Å²) in [6, 6.07) is 42.7. The number of thiophene rings is 3. The summed E-state index contributed by atoms with van der Waals surface area (Å²) < 4.78 is 2.93. The number of H-pyrrole nitrogens is 2. The van der Waals surface area contributed by atoms with E-state index in [-0.39, 0.29) is 102 Å². The molecule has 23 nitrogen and oxygen atoms in total. The van der Waals surface area contributed by atoms with E-state index in [2.05, 4.69) is 72.2 Å². The number of halogens is 1. The molecule has 15 rings (SSSR count). The van der Waals surface area contributed by atoms with Gasteiger partial charge < -0.3 is 36.4 Å². The summed E-state index contributed by atoms with van der Waals surface area (Å²) in [4.78, 5) is 73.5. The van der Waals surface area contributed by atoms with Crippen LogP contribution in [0.5, 0.6) is 17.2 Å². The predicted octanol–water partition coefficient (Wildman–Crippen LogP) is 18.1. The minimum atomic E-state index is -1.02. The molecule has 5 aromatic heterocycles. The molecule has 530 valence electrons. The number of carboxylic acid groups (broad SMARTS) is 3. The lowest BCUT2D eigenvalue weighted by Gasteiger charge is -2.19. The monoisotopic (exact) mass is 1510 g/mol. The van der Waals surface area contributed by atoms with Crippen molar-refractivity contribution >= 4 is 115 Å². The molecule has 3 aliphatic carbocycles. The second-order valence-corrected chi connectivity index (χ2v) is 27.8.